The Kier molecular flexibility index (Phi) is 2.86. The highest BCUT2D eigenvalue weighted by atomic mass is 16.4. The number of hydrogen-bond acceptors (Lipinski definition) is 3. The molecule has 1 saturated carbocycles. The Morgan fingerprint density at radius 3 is 2.48 bits per heavy atom. The second-order valence-corrected chi connectivity index (χ2v) is 5.35. The molecule has 1 heterocycles. The number of carboxylic acids is 1. The number of nitrogens with zero attached hydrogens (tertiary/aromatic N) is 2. The third-order valence-electron chi connectivity index (χ3n) is 3.89. The Hall–Kier alpha value is -2.57. The molecule has 1 amide bonds. The number of aromatic nitrogens is 2. The van der Waals surface area contributed by atoms with Gasteiger partial charge in [0.15, 0.2) is 0 Å². The molecule has 2 aromatic rings. The Labute approximate surface area is 119 Å². The Morgan fingerprint density at radius 1 is 1.29 bits per heavy atom. The molecular weight excluding hydrogens is 274 g/mol. The lowest BCUT2D eigenvalue weighted by atomic mass is 10.2. The summed E-state index contributed by atoms with van der Waals surface area (Å²) in [7, 11) is 1.64. The van der Waals surface area contributed by atoms with Gasteiger partial charge in [0.25, 0.3) is 0 Å². The fourth-order valence-electron chi connectivity index (χ4n) is 2.48. The van der Waals surface area contributed by atoms with E-state index in [0.29, 0.717) is 18.4 Å². The van der Waals surface area contributed by atoms with Crippen molar-refractivity contribution in [1.82, 2.24) is 14.5 Å². The molecule has 1 fully saturated rings. The van der Waals surface area contributed by atoms with Crippen LogP contribution in [0.1, 0.15) is 12.8 Å². The van der Waals surface area contributed by atoms with Crippen molar-refractivity contribution < 1.29 is 14.7 Å². The second kappa shape index (κ2) is 4.47. The van der Waals surface area contributed by atoms with Gasteiger partial charge in [0.2, 0.25) is 5.91 Å². The van der Waals surface area contributed by atoms with E-state index in [-0.39, 0.29) is 12.2 Å². The Morgan fingerprint density at radius 2 is 1.90 bits per heavy atom. The normalized spacial score (nSPS) is 15.9. The van der Waals surface area contributed by atoms with Gasteiger partial charge in [-0.05, 0) is 25.0 Å². The van der Waals surface area contributed by atoms with Gasteiger partial charge in [-0.25, -0.2) is 9.59 Å². The first-order chi connectivity index (χ1) is 9.94. The van der Waals surface area contributed by atoms with Crippen LogP contribution >= 0.6 is 0 Å². The summed E-state index contributed by atoms with van der Waals surface area (Å²) < 4.78 is 2.81. The lowest BCUT2D eigenvalue weighted by Gasteiger charge is -2.12. The van der Waals surface area contributed by atoms with Crippen LogP contribution in [0.25, 0.3) is 11.0 Å². The first-order valence-corrected chi connectivity index (χ1v) is 6.63. The number of para-hydroxylation sites is 2. The molecule has 0 radical (unpaired) electrons. The number of aliphatic carboxylic acids is 1. The van der Waals surface area contributed by atoms with Gasteiger partial charge >= 0.3 is 11.7 Å². The van der Waals surface area contributed by atoms with E-state index in [2.05, 4.69) is 5.32 Å². The summed E-state index contributed by atoms with van der Waals surface area (Å²) >= 11 is 0. The summed E-state index contributed by atoms with van der Waals surface area (Å²) in [5, 5.41) is 11.6. The zero-order valence-electron chi connectivity index (χ0n) is 11.5. The van der Waals surface area contributed by atoms with Gasteiger partial charge in [0, 0.05) is 7.05 Å². The highest BCUT2D eigenvalue weighted by Gasteiger charge is 2.51. The average Bonchev–Trinajstić information content (AvgIpc) is 3.20. The van der Waals surface area contributed by atoms with Crippen molar-refractivity contribution in [2.75, 3.05) is 0 Å². The van der Waals surface area contributed by atoms with Crippen molar-refractivity contribution in [3.8, 4) is 0 Å². The minimum absolute atomic E-state index is 0.185. The fourth-order valence-corrected chi connectivity index (χ4v) is 2.48. The van der Waals surface area contributed by atoms with Gasteiger partial charge in [-0.3, -0.25) is 13.9 Å². The summed E-state index contributed by atoms with van der Waals surface area (Å²) in [4.78, 5) is 35.3. The van der Waals surface area contributed by atoms with Crippen molar-refractivity contribution in [3.05, 3.63) is 34.7 Å². The molecule has 0 atom stereocenters. The standard InChI is InChI=1S/C14H15N3O4/c1-16-9-4-2-3-5-10(9)17(13(16)21)8-11(18)15-14(6-7-14)12(19)20/h2-5H,6-8H2,1H3,(H,15,18)(H,19,20). The fraction of sp³-hybridized carbons (Fsp3) is 0.357. The summed E-state index contributed by atoms with van der Waals surface area (Å²) in [6, 6.07) is 7.16. The number of carboxylic acid groups (broad SMARTS) is 1. The van der Waals surface area contributed by atoms with Crippen LogP contribution in [0.15, 0.2) is 29.1 Å². The van der Waals surface area contributed by atoms with Crippen molar-refractivity contribution in [1.29, 1.82) is 0 Å². The number of imidazole rings is 1. The van der Waals surface area contributed by atoms with E-state index in [0.717, 1.165) is 5.52 Å². The number of carbonyl (C=O) groups is 2. The number of rotatable bonds is 4. The lowest BCUT2D eigenvalue weighted by molar-refractivity contribution is -0.143. The maximum absolute atomic E-state index is 12.2. The number of benzene rings is 1. The van der Waals surface area contributed by atoms with Crippen LogP contribution in [0.4, 0.5) is 0 Å². The predicted octanol–water partition coefficient (Wildman–Crippen LogP) is 0.0734. The third-order valence-corrected chi connectivity index (χ3v) is 3.89. The predicted molar refractivity (Wildman–Crippen MR) is 74.9 cm³/mol. The van der Waals surface area contributed by atoms with Crippen LogP contribution in [-0.2, 0) is 23.2 Å². The number of aryl methyl sites for hydroxylation is 1. The van der Waals surface area contributed by atoms with Gasteiger partial charge < -0.3 is 10.4 Å². The van der Waals surface area contributed by atoms with E-state index in [4.69, 9.17) is 5.11 Å². The van der Waals surface area contributed by atoms with E-state index >= 15 is 0 Å². The van der Waals surface area contributed by atoms with E-state index in [1.54, 1.807) is 25.2 Å². The third kappa shape index (κ3) is 2.10. The molecule has 7 nitrogen and oxygen atoms in total. The highest BCUT2D eigenvalue weighted by molar-refractivity contribution is 5.90. The first-order valence-electron chi connectivity index (χ1n) is 6.63. The van der Waals surface area contributed by atoms with Crippen LogP contribution in [0, 0.1) is 0 Å². The maximum atomic E-state index is 12.2. The Balaban J connectivity index is 1.89. The summed E-state index contributed by atoms with van der Waals surface area (Å²) in [5.74, 6) is -1.49. The van der Waals surface area contributed by atoms with E-state index < -0.39 is 17.4 Å². The van der Waals surface area contributed by atoms with Crippen molar-refractivity contribution in [2.24, 2.45) is 7.05 Å². The van der Waals surface area contributed by atoms with Crippen LogP contribution in [0.5, 0.6) is 0 Å². The molecule has 110 valence electrons. The molecule has 2 N–H and O–H groups in total. The minimum atomic E-state index is -1.13. The number of fused-ring (bicyclic) bond motifs is 1. The molecule has 21 heavy (non-hydrogen) atoms. The zero-order chi connectivity index (χ0) is 15.2. The zero-order valence-corrected chi connectivity index (χ0v) is 11.5. The molecular formula is C14H15N3O4. The number of hydrogen-bond donors (Lipinski definition) is 2. The molecule has 1 aromatic heterocycles. The second-order valence-electron chi connectivity index (χ2n) is 5.35. The van der Waals surface area contributed by atoms with Gasteiger partial charge in [0.05, 0.1) is 11.0 Å². The van der Waals surface area contributed by atoms with Crippen molar-refractivity contribution >= 4 is 22.9 Å². The van der Waals surface area contributed by atoms with E-state index in [1.807, 2.05) is 6.07 Å². The smallest absolute Gasteiger partial charge is 0.329 e. The van der Waals surface area contributed by atoms with Crippen LogP contribution < -0.4 is 11.0 Å². The minimum Gasteiger partial charge on any atom is -0.480 e. The summed E-state index contributed by atoms with van der Waals surface area (Å²) in [5.41, 5.74) is -0.0489. The van der Waals surface area contributed by atoms with Crippen molar-refractivity contribution in [3.63, 3.8) is 0 Å². The van der Waals surface area contributed by atoms with E-state index in [9.17, 15) is 14.4 Å². The van der Waals surface area contributed by atoms with Gasteiger partial charge in [-0.1, -0.05) is 12.1 Å². The van der Waals surface area contributed by atoms with Crippen LogP contribution in [-0.4, -0.2) is 31.7 Å². The summed E-state index contributed by atoms with van der Waals surface area (Å²) in [6.45, 7) is -0.185. The largest absolute Gasteiger partial charge is 0.480 e. The maximum Gasteiger partial charge on any atom is 0.329 e. The monoisotopic (exact) mass is 289 g/mol. The lowest BCUT2D eigenvalue weighted by Crippen LogP contribution is -2.45. The molecule has 0 bridgehead atoms. The molecule has 7 heteroatoms. The summed E-state index contributed by atoms with van der Waals surface area (Å²) in [6.07, 6.45) is 0.858. The van der Waals surface area contributed by atoms with E-state index in [1.165, 1.54) is 9.13 Å². The first kappa shape index (κ1) is 13.4. The topological polar surface area (TPSA) is 93.3 Å². The molecule has 0 saturated heterocycles. The van der Waals surface area contributed by atoms with Crippen LogP contribution in [0.3, 0.4) is 0 Å². The van der Waals surface area contributed by atoms with Gasteiger partial charge in [-0.15, -0.1) is 0 Å². The highest BCUT2D eigenvalue weighted by Crippen LogP contribution is 2.35. The molecule has 1 aliphatic rings. The Bertz CT molecular complexity index is 798. The molecule has 0 unspecified atom stereocenters. The molecule has 0 spiro atoms. The molecule has 1 aromatic carbocycles. The SMILES string of the molecule is Cn1c(=O)n(CC(=O)NC2(C(=O)O)CC2)c2ccccc21. The quantitative estimate of drug-likeness (QED) is 0.833. The number of carbonyl (C=O) groups excluding carboxylic acids is 1. The molecule has 3 rings (SSSR count). The molecule has 0 aliphatic heterocycles. The van der Waals surface area contributed by atoms with Gasteiger partial charge in [0.1, 0.15) is 12.1 Å². The average molecular weight is 289 g/mol. The number of amides is 1. The number of nitrogens with one attached hydrogen (secondary N) is 1. The van der Waals surface area contributed by atoms with Gasteiger partial charge in [-0.2, -0.15) is 0 Å². The molecule has 1 aliphatic carbocycles. The van der Waals surface area contributed by atoms with Crippen LogP contribution in [0.2, 0.25) is 0 Å². The van der Waals surface area contributed by atoms with Crippen molar-refractivity contribution in [2.45, 2.75) is 24.9 Å².